The fourth-order valence-electron chi connectivity index (χ4n) is 1.85. The van der Waals surface area contributed by atoms with E-state index in [4.69, 9.17) is 0 Å². The summed E-state index contributed by atoms with van der Waals surface area (Å²) in [5, 5.41) is 7.78. The molecule has 0 radical (unpaired) electrons. The van der Waals surface area contributed by atoms with Gasteiger partial charge < -0.3 is 5.32 Å². The molecule has 0 bridgehead atoms. The first kappa shape index (κ1) is 13.9. The summed E-state index contributed by atoms with van der Waals surface area (Å²) in [6, 6.07) is 0.423. The minimum atomic E-state index is 0.423. The van der Waals surface area contributed by atoms with Gasteiger partial charge in [0.25, 0.3) is 0 Å². The summed E-state index contributed by atoms with van der Waals surface area (Å²) in [6.45, 7) is 10.1. The lowest BCUT2D eigenvalue weighted by molar-refractivity contribution is 0.477. The van der Waals surface area contributed by atoms with E-state index < -0.39 is 0 Å². The number of hydrogen-bond acceptors (Lipinski definition) is 3. The maximum absolute atomic E-state index is 4.34. The van der Waals surface area contributed by atoms with Gasteiger partial charge >= 0.3 is 0 Å². The Labute approximate surface area is 104 Å². The van der Waals surface area contributed by atoms with Crippen molar-refractivity contribution in [2.24, 2.45) is 0 Å². The minimum Gasteiger partial charge on any atom is -0.313 e. The number of nitrogens with zero attached hydrogens (tertiary/aromatic N) is 3. The van der Waals surface area contributed by atoms with Crippen LogP contribution in [0.25, 0.3) is 0 Å². The van der Waals surface area contributed by atoms with E-state index in [9.17, 15) is 0 Å². The standard InChI is InChI=1S/C13H24N4/c1-4-7-12(14-8-5-2)10-13-15-11-16-17(13)9-6-3/h4,11-12,14H,1,5-10H2,2-3H3. The Balaban J connectivity index is 2.57. The van der Waals surface area contributed by atoms with Crippen LogP contribution in [0.5, 0.6) is 0 Å². The van der Waals surface area contributed by atoms with E-state index >= 15 is 0 Å². The third-order valence-electron chi connectivity index (χ3n) is 2.69. The van der Waals surface area contributed by atoms with Crippen LogP contribution in [0.1, 0.15) is 38.9 Å². The molecule has 0 saturated carbocycles. The first-order valence-corrected chi connectivity index (χ1v) is 6.52. The SMILES string of the molecule is C=CCC(Cc1ncnn1CCC)NCCC. The van der Waals surface area contributed by atoms with Crippen molar-refractivity contribution in [1.82, 2.24) is 20.1 Å². The van der Waals surface area contributed by atoms with Crippen LogP contribution in [-0.4, -0.2) is 27.4 Å². The fourth-order valence-corrected chi connectivity index (χ4v) is 1.85. The molecule has 0 aliphatic heterocycles. The Hall–Kier alpha value is -1.16. The zero-order chi connectivity index (χ0) is 12.5. The monoisotopic (exact) mass is 236 g/mol. The third-order valence-corrected chi connectivity index (χ3v) is 2.69. The molecule has 1 aromatic heterocycles. The molecule has 96 valence electrons. The van der Waals surface area contributed by atoms with E-state index in [1.807, 2.05) is 10.8 Å². The molecule has 17 heavy (non-hydrogen) atoms. The van der Waals surface area contributed by atoms with Crippen LogP contribution in [0.3, 0.4) is 0 Å². The highest BCUT2D eigenvalue weighted by Crippen LogP contribution is 2.04. The average Bonchev–Trinajstić information content (AvgIpc) is 2.74. The summed E-state index contributed by atoms with van der Waals surface area (Å²) in [5.41, 5.74) is 0. The van der Waals surface area contributed by atoms with E-state index in [-0.39, 0.29) is 0 Å². The first-order chi connectivity index (χ1) is 8.31. The highest BCUT2D eigenvalue weighted by Gasteiger charge is 2.11. The summed E-state index contributed by atoms with van der Waals surface area (Å²) in [7, 11) is 0. The smallest absolute Gasteiger partial charge is 0.138 e. The highest BCUT2D eigenvalue weighted by molar-refractivity contribution is 4.92. The lowest BCUT2D eigenvalue weighted by Crippen LogP contribution is -2.32. The van der Waals surface area contributed by atoms with E-state index in [1.54, 1.807) is 6.33 Å². The molecular formula is C13H24N4. The summed E-state index contributed by atoms with van der Waals surface area (Å²) >= 11 is 0. The molecule has 1 N–H and O–H groups in total. The molecule has 1 heterocycles. The van der Waals surface area contributed by atoms with Gasteiger partial charge in [-0.25, -0.2) is 4.98 Å². The van der Waals surface area contributed by atoms with Gasteiger partial charge in [0.1, 0.15) is 12.2 Å². The minimum absolute atomic E-state index is 0.423. The molecule has 1 atom stereocenters. The van der Waals surface area contributed by atoms with Crippen LogP contribution in [0.4, 0.5) is 0 Å². The molecule has 1 rings (SSSR count). The zero-order valence-corrected chi connectivity index (χ0v) is 11.0. The summed E-state index contributed by atoms with van der Waals surface area (Å²) in [5.74, 6) is 1.07. The van der Waals surface area contributed by atoms with Gasteiger partial charge in [-0.15, -0.1) is 6.58 Å². The van der Waals surface area contributed by atoms with Crippen molar-refractivity contribution < 1.29 is 0 Å². The molecule has 0 amide bonds. The van der Waals surface area contributed by atoms with Crippen LogP contribution in [-0.2, 0) is 13.0 Å². The molecule has 0 fully saturated rings. The van der Waals surface area contributed by atoms with Crippen LogP contribution in [0, 0.1) is 0 Å². The molecule has 0 aliphatic rings. The van der Waals surface area contributed by atoms with Gasteiger partial charge in [0.05, 0.1) is 0 Å². The molecular weight excluding hydrogens is 212 g/mol. The molecule has 4 heteroatoms. The maximum atomic E-state index is 4.34. The summed E-state index contributed by atoms with van der Waals surface area (Å²) < 4.78 is 2.00. The average molecular weight is 236 g/mol. The number of aromatic nitrogens is 3. The van der Waals surface area contributed by atoms with Gasteiger partial charge in [-0.05, 0) is 25.8 Å². The molecule has 0 aliphatic carbocycles. The first-order valence-electron chi connectivity index (χ1n) is 6.52. The van der Waals surface area contributed by atoms with Crippen LogP contribution < -0.4 is 5.32 Å². The Morgan fingerprint density at radius 2 is 2.29 bits per heavy atom. The number of nitrogens with one attached hydrogen (secondary N) is 1. The normalized spacial score (nSPS) is 12.6. The van der Waals surface area contributed by atoms with E-state index in [2.05, 4.69) is 35.8 Å². The Bertz CT molecular complexity index is 319. The molecule has 0 aromatic carbocycles. The lowest BCUT2D eigenvalue weighted by atomic mass is 10.1. The predicted octanol–water partition coefficient (Wildman–Crippen LogP) is 2.17. The largest absolute Gasteiger partial charge is 0.313 e. The van der Waals surface area contributed by atoms with E-state index in [1.165, 1.54) is 0 Å². The lowest BCUT2D eigenvalue weighted by Gasteiger charge is -2.16. The molecule has 4 nitrogen and oxygen atoms in total. The van der Waals surface area contributed by atoms with Gasteiger partial charge in [0.2, 0.25) is 0 Å². The zero-order valence-electron chi connectivity index (χ0n) is 11.0. The second-order valence-corrected chi connectivity index (χ2v) is 4.28. The topological polar surface area (TPSA) is 42.7 Å². The summed E-state index contributed by atoms with van der Waals surface area (Å²) in [6.07, 6.45) is 7.74. The van der Waals surface area contributed by atoms with Crippen molar-refractivity contribution in [2.45, 2.75) is 52.1 Å². The van der Waals surface area contributed by atoms with Gasteiger partial charge in [-0.1, -0.05) is 19.9 Å². The van der Waals surface area contributed by atoms with Gasteiger partial charge in [0.15, 0.2) is 0 Å². The van der Waals surface area contributed by atoms with Crippen molar-refractivity contribution in [1.29, 1.82) is 0 Å². The van der Waals surface area contributed by atoms with E-state index in [0.29, 0.717) is 6.04 Å². The number of hydrogen-bond donors (Lipinski definition) is 1. The van der Waals surface area contributed by atoms with Gasteiger partial charge in [-0.3, -0.25) is 4.68 Å². The van der Waals surface area contributed by atoms with Crippen molar-refractivity contribution in [3.05, 3.63) is 24.8 Å². The molecule has 1 aromatic rings. The molecule has 1 unspecified atom stereocenters. The van der Waals surface area contributed by atoms with Crippen molar-refractivity contribution >= 4 is 0 Å². The van der Waals surface area contributed by atoms with Gasteiger partial charge in [0, 0.05) is 19.0 Å². The molecule has 0 saturated heterocycles. The second kappa shape index (κ2) is 8.01. The number of rotatable bonds is 9. The van der Waals surface area contributed by atoms with Crippen molar-refractivity contribution in [3.63, 3.8) is 0 Å². The van der Waals surface area contributed by atoms with Crippen molar-refractivity contribution in [2.75, 3.05) is 6.54 Å². The van der Waals surface area contributed by atoms with Crippen molar-refractivity contribution in [3.8, 4) is 0 Å². The Morgan fingerprint density at radius 3 is 2.94 bits per heavy atom. The summed E-state index contributed by atoms with van der Waals surface area (Å²) in [4.78, 5) is 4.34. The van der Waals surface area contributed by atoms with Gasteiger partial charge in [-0.2, -0.15) is 5.10 Å². The van der Waals surface area contributed by atoms with E-state index in [0.717, 1.165) is 44.6 Å². The maximum Gasteiger partial charge on any atom is 0.138 e. The quantitative estimate of drug-likeness (QED) is 0.668. The van der Waals surface area contributed by atoms with Crippen LogP contribution in [0.15, 0.2) is 19.0 Å². The Kier molecular flexibility index (Phi) is 6.55. The fraction of sp³-hybridized carbons (Fsp3) is 0.692. The highest BCUT2D eigenvalue weighted by atomic mass is 15.3. The second-order valence-electron chi connectivity index (χ2n) is 4.28. The Morgan fingerprint density at radius 1 is 1.47 bits per heavy atom. The number of aryl methyl sites for hydroxylation is 1. The van der Waals surface area contributed by atoms with Crippen LogP contribution >= 0.6 is 0 Å². The predicted molar refractivity (Wildman–Crippen MR) is 70.9 cm³/mol. The third kappa shape index (κ3) is 4.69. The molecule has 0 spiro atoms. The van der Waals surface area contributed by atoms with Crippen LogP contribution in [0.2, 0.25) is 0 Å².